The lowest BCUT2D eigenvalue weighted by atomic mass is 10.0. The number of carbonyl (C=O) groups excluding carboxylic acids is 5. The second-order valence-corrected chi connectivity index (χ2v) is 11.3. The van der Waals surface area contributed by atoms with Crippen LogP contribution in [0.3, 0.4) is 0 Å². The van der Waals surface area contributed by atoms with Crippen LogP contribution in [0, 0.1) is 6.92 Å². The molecule has 6 rings (SSSR count). The minimum atomic E-state index is -1.00. The molecular formula is C32H33N7O5. The van der Waals surface area contributed by atoms with Gasteiger partial charge in [0.1, 0.15) is 17.6 Å². The molecule has 0 bridgehead atoms. The molecule has 3 aromatic rings. The maximum atomic E-state index is 13.4. The number of nitrogens with zero attached hydrogens (tertiary/aromatic N) is 4. The molecule has 1 aromatic heterocycles. The molecule has 1 unspecified atom stereocenters. The molecule has 1 atom stereocenters. The van der Waals surface area contributed by atoms with E-state index < -0.39 is 35.6 Å². The molecular weight excluding hydrogens is 562 g/mol. The second-order valence-electron chi connectivity index (χ2n) is 11.3. The first-order chi connectivity index (χ1) is 21.2. The third-order valence-electron chi connectivity index (χ3n) is 8.44. The van der Waals surface area contributed by atoms with E-state index in [0.29, 0.717) is 12.2 Å². The van der Waals surface area contributed by atoms with Gasteiger partial charge in [0.05, 0.1) is 11.1 Å². The van der Waals surface area contributed by atoms with Crippen LogP contribution in [0.25, 0.3) is 0 Å². The number of piperidine rings is 1. The molecule has 0 aliphatic carbocycles. The lowest BCUT2D eigenvalue weighted by Crippen LogP contribution is -2.54. The lowest BCUT2D eigenvalue weighted by molar-refractivity contribution is -0.136. The number of aromatic nitrogens is 1. The average molecular weight is 596 g/mol. The Hall–Kier alpha value is -5.10. The van der Waals surface area contributed by atoms with Gasteiger partial charge in [0.2, 0.25) is 11.8 Å². The smallest absolute Gasteiger partial charge is 0.267 e. The fourth-order valence-corrected chi connectivity index (χ4v) is 6.02. The van der Waals surface area contributed by atoms with E-state index in [1.807, 2.05) is 6.07 Å². The minimum absolute atomic E-state index is 0.0742. The number of aryl methyl sites for hydroxylation is 1. The Morgan fingerprint density at radius 3 is 2.50 bits per heavy atom. The zero-order valence-corrected chi connectivity index (χ0v) is 24.3. The molecule has 12 nitrogen and oxygen atoms in total. The summed E-state index contributed by atoms with van der Waals surface area (Å²) < 4.78 is 0. The van der Waals surface area contributed by atoms with Gasteiger partial charge in [-0.05, 0) is 54.3 Å². The van der Waals surface area contributed by atoms with E-state index in [1.165, 1.54) is 5.56 Å². The van der Waals surface area contributed by atoms with E-state index in [-0.39, 0.29) is 29.7 Å². The summed E-state index contributed by atoms with van der Waals surface area (Å²) in [5.41, 5.74) is 10.0. The maximum Gasteiger partial charge on any atom is 0.267 e. The summed E-state index contributed by atoms with van der Waals surface area (Å²) in [5.74, 6) is -1.88. The van der Waals surface area contributed by atoms with Gasteiger partial charge in [-0.3, -0.25) is 39.1 Å². The van der Waals surface area contributed by atoms with E-state index in [2.05, 4.69) is 50.5 Å². The van der Waals surface area contributed by atoms with E-state index >= 15 is 0 Å². The van der Waals surface area contributed by atoms with Crippen molar-refractivity contribution in [1.29, 1.82) is 0 Å². The Balaban J connectivity index is 1.07. The highest BCUT2D eigenvalue weighted by Crippen LogP contribution is 2.32. The third-order valence-corrected chi connectivity index (χ3v) is 8.44. The van der Waals surface area contributed by atoms with Gasteiger partial charge in [0.15, 0.2) is 0 Å². The molecule has 226 valence electrons. The van der Waals surface area contributed by atoms with Crippen molar-refractivity contribution in [2.45, 2.75) is 38.9 Å². The zero-order chi connectivity index (χ0) is 31.0. The third kappa shape index (κ3) is 5.63. The van der Waals surface area contributed by atoms with Gasteiger partial charge in [-0.2, -0.15) is 0 Å². The number of hydrogen-bond donors (Lipinski definition) is 3. The Kier molecular flexibility index (Phi) is 7.83. The summed E-state index contributed by atoms with van der Waals surface area (Å²) >= 11 is 0. The summed E-state index contributed by atoms with van der Waals surface area (Å²) in [5, 5.41) is 5.53. The predicted molar refractivity (Wildman–Crippen MR) is 162 cm³/mol. The van der Waals surface area contributed by atoms with Crippen molar-refractivity contribution in [1.82, 2.24) is 20.1 Å². The van der Waals surface area contributed by atoms with Gasteiger partial charge >= 0.3 is 0 Å². The molecule has 2 fully saturated rings. The number of nitrogens with one attached hydrogen (secondary N) is 2. The van der Waals surface area contributed by atoms with E-state index in [9.17, 15) is 24.0 Å². The fourth-order valence-electron chi connectivity index (χ4n) is 6.02. The van der Waals surface area contributed by atoms with Gasteiger partial charge < -0.3 is 16.0 Å². The van der Waals surface area contributed by atoms with Crippen molar-refractivity contribution in [3.63, 3.8) is 0 Å². The van der Waals surface area contributed by atoms with Crippen LogP contribution in [-0.2, 0) is 22.7 Å². The van der Waals surface area contributed by atoms with Crippen LogP contribution in [-0.4, -0.2) is 76.5 Å². The topological polar surface area (TPSA) is 158 Å². The number of imide groups is 2. The zero-order valence-electron chi connectivity index (χ0n) is 24.3. The molecule has 0 spiro atoms. The number of carbonyl (C=O) groups is 5. The second kappa shape index (κ2) is 11.9. The lowest BCUT2D eigenvalue weighted by Gasteiger charge is -2.35. The molecule has 2 aromatic carbocycles. The molecule has 4 heterocycles. The van der Waals surface area contributed by atoms with Crippen molar-refractivity contribution in [2.24, 2.45) is 5.73 Å². The monoisotopic (exact) mass is 595 g/mol. The van der Waals surface area contributed by atoms with Crippen molar-refractivity contribution in [3.05, 3.63) is 88.1 Å². The molecule has 3 aliphatic rings. The average Bonchev–Trinajstić information content (AvgIpc) is 3.27. The quantitative estimate of drug-likeness (QED) is 0.330. The van der Waals surface area contributed by atoms with E-state index in [4.69, 9.17) is 5.73 Å². The summed E-state index contributed by atoms with van der Waals surface area (Å²) in [6, 6.07) is 15.6. The summed E-state index contributed by atoms with van der Waals surface area (Å²) in [6.07, 6.45) is 0.188. The van der Waals surface area contributed by atoms with E-state index in [0.717, 1.165) is 54.6 Å². The van der Waals surface area contributed by atoms with Gasteiger partial charge in [-0.15, -0.1) is 0 Å². The number of piperazine rings is 1. The first-order valence-electron chi connectivity index (χ1n) is 14.6. The van der Waals surface area contributed by atoms with Gasteiger partial charge in [-0.1, -0.05) is 30.3 Å². The van der Waals surface area contributed by atoms with Crippen molar-refractivity contribution in [2.75, 3.05) is 36.4 Å². The molecule has 3 aliphatic heterocycles. The highest BCUT2D eigenvalue weighted by Gasteiger charge is 2.45. The highest BCUT2D eigenvalue weighted by molar-refractivity contribution is 6.25. The minimum Gasteiger partial charge on any atom is -0.380 e. The number of benzene rings is 2. The van der Waals surface area contributed by atoms with Crippen molar-refractivity contribution < 1.29 is 24.0 Å². The maximum absolute atomic E-state index is 13.4. The van der Waals surface area contributed by atoms with Crippen LogP contribution in [0.4, 0.5) is 11.5 Å². The number of amides is 5. The first-order valence-corrected chi connectivity index (χ1v) is 14.6. The van der Waals surface area contributed by atoms with Crippen LogP contribution >= 0.6 is 0 Å². The molecule has 4 N–H and O–H groups in total. The number of nitrogens with two attached hydrogens (primary N) is 1. The van der Waals surface area contributed by atoms with Gasteiger partial charge in [0, 0.05) is 51.4 Å². The SMILES string of the molecule is Cc1cc(CNc2cccc3c2C(=O)N(C2CCC(=O)NC2=O)C3=O)ccc1CN1CCN(c2cccc(C(N)=O)n2)CC1. The highest BCUT2D eigenvalue weighted by atomic mass is 16.2. The fraction of sp³-hybridized carbons (Fsp3) is 0.312. The molecule has 0 radical (unpaired) electrons. The Labute approximate surface area is 254 Å². The van der Waals surface area contributed by atoms with Gasteiger partial charge in [0.25, 0.3) is 17.7 Å². The standard InChI is InChI=1S/C32H33N7O5/c1-19-16-20(8-9-21(19)18-37-12-14-38(15-13-37)26-7-3-6-24(35-26)29(33)41)17-34-23-5-2-4-22-28(23)32(44)39(31(22)43)25-10-11-27(40)36-30(25)42/h2-9,16,25,34H,10-15,17-18H2,1H3,(H2,33,41)(H,36,40,42). The number of hydrogen-bond acceptors (Lipinski definition) is 9. The summed E-state index contributed by atoms with van der Waals surface area (Å²) in [6.45, 7) is 6.61. The molecule has 12 heteroatoms. The molecule has 5 amide bonds. The predicted octanol–water partition coefficient (Wildman–Crippen LogP) is 1.82. The van der Waals surface area contributed by atoms with Crippen LogP contribution in [0.2, 0.25) is 0 Å². The number of anilines is 2. The Morgan fingerprint density at radius 2 is 1.77 bits per heavy atom. The largest absolute Gasteiger partial charge is 0.380 e. The van der Waals surface area contributed by atoms with Gasteiger partial charge in [-0.25, -0.2) is 4.98 Å². The van der Waals surface area contributed by atoms with Crippen molar-refractivity contribution in [3.8, 4) is 0 Å². The van der Waals surface area contributed by atoms with Crippen LogP contribution in [0.1, 0.15) is 60.7 Å². The van der Waals surface area contributed by atoms with Crippen LogP contribution in [0.15, 0.2) is 54.6 Å². The number of primary amides is 1. The van der Waals surface area contributed by atoms with Crippen LogP contribution < -0.4 is 21.3 Å². The molecule has 44 heavy (non-hydrogen) atoms. The van der Waals surface area contributed by atoms with E-state index in [1.54, 1.807) is 30.3 Å². The number of fused-ring (bicyclic) bond motifs is 1. The normalized spacial score (nSPS) is 18.8. The first kappa shape index (κ1) is 29.0. The Morgan fingerprint density at radius 1 is 1.00 bits per heavy atom. The number of pyridine rings is 1. The summed E-state index contributed by atoms with van der Waals surface area (Å²) in [7, 11) is 0. The number of rotatable bonds is 8. The van der Waals surface area contributed by atoms with Crippen LogP contribution in [0.5, 0.6) is 0 Å². The molecule has 2 saturated heterocycles. The van der Waals surface area contributed by atoms with Crippen molar-refractivity contribution >= 4 is 41.0 Å². The Bertz CT molecular complexity index is 1680. The molecule has 0 saturated carbocycles. The summed E-state index contributed by atoms with van der Waals surface area (Å²) in [4.78, 5) is 71.9.